The molecule has 2 fully saturated rings. The van der Waals surface area contributed by atoms with Crippen LogP contribution >= 0.6 is 0 Å². The Labute approximate surface area is 154 Å². The lowest BCUT2D eigenvalue weighted by atomic mass is 10.1. The van der Waals surface area contributed by atoms with Gasteiger partial charge in [-0.2, -0.15) is 0 Å². The van der Waals surface area contributed by atoms with E-state index in [1.807, 2.05) is 17.0 Å². The van der Waals surface area contributed by atoms with Crippen LogP contribution in [-0.2, 0) is 16.1 Å². The quantitative estimate of drug-likeness (QED) is 0.745. The fourth-order valence-corrected chi connectivity index (χ4v) is 3.66. The monoisotopic (exact) mass is 362 g/mol. The minimum atomic E-state index is 0.0745. The Morgan fingerprint density at radius 3 is 2.46 bits per heavy atom. The summed E-state index contributed by atoms with van der Waals surface area (Å²) in [5, 5.41) is 0. The number of piperazine rings is 1. The van der Waals surface area contributed by atoms with Crippen molar-refractivity contribution >= 4 is 11.8 Å². The Bertz CT molecular complexity index is 656. The van der Waals surface area contributed by atoms with Crippen LogP contribution in [0.2, 0.25) is 0 Å². The zero-order valence-corrected chi connectivity index (χ0v) is 15.6. The molecular formula is C19H28N3O4+. The molecule has 0 bridgehead atoms. The molecule has 2 heterocycles. The summed E-state index contributed by atoms with van der Waals surface area (Å²) in [4.78, 5) is 29.1. The molecule has 0 spiro atoms. The number of rotatable bonds is 6. The number of benzene rings is 1. The third-order valence-corrected chi connectivity index (χ3v) is 5.22. The standard InChI is InChI=1S/C19H27N3O4/c1-25-16-6-5-15(12-17(16)26-2)13-20-8-10-21(11-9-20)19(24)14-22-7-3-4-18(22)23/h5-6,12H,3-4,7-11,13-14H2,1-2H3/p+1. The fourth-order valence-electron chi connectivity index (χ4n) is 3.66. The number of amides is 2. The van der Waals surface area contributed by atoms with Gasteiger partial charge in [-0.25, -0.2) is 0 Å². The maximum absolute atomic E-state index is 12.4. The van der Waals surface area contributed by atoms with E-state index in [4.69, 9.17) is 9.47 Å². The highest BCUT2D eigenvalue weighted by Crippen LogP contribution is 2.27. The topological polar surface area (TPSA) is 63.5 Å². The first kappa shape index (κ1) is 18.5. The number of hydrogen-bond donors (Lipinski definition) is 1. The van der Waals surface area contributed by atoms with Gasteiger partial charge in [-0.3, -0.25) is 9.59 Å². The third kappa shape index (κ3) is 4.27. The molecular weight excluding hydrogens is 334 g/mol. The minimum absolute atomic E-state index is 0.0745. The Hall–Kier alpha value is -2.28. The highest BCUT2D eigenvalue weighted by molar-refractivity contribution is 5.85. The van der Waals surface area contributed by atoms with Crippen molar-refractivity contribution in [3.05, 3.63) is 23.8 Å². The van der Waals surface area contributed by atoms with Crippen molar-refractivity contribution in [3.8, 4) is 11.5 Å². The number of carbonyl (C=O) groups excluding carboxylic acids is 2. The van der Waals surface area contributed by atoms with Gasteiger partial charge in [0.15, 0.2) is 11.5 Å². The molecule has 2 amide bonds. The number of quaternary nitrogens is 1. The van der Waals surface area contributed by atoms with Crippen molar-refractivity contribution in [2.24, 2.45) is 0 Å². The van der Waals surface area contributed by atoms with Crippen LogP contribution in [0.3, 0.4) is 0 Å². The molecule has 3 rings (SSSR count). The lowest BCUT2D eigenvalue weighted by molar-refractivity contribution is -0.917. The van der Waals surface area contributed by atoms with Crippen LogP contribution in [0, 0.1) is 0 Å². The van der Waals surface area contributed by atoms with Crippen LogP contribution in [-0.4, -0.2) is 75.1 Å². The summed E-state index contributed by atoms with van der Waals surface area (Å²) in [5.74, 6) is 1.66. The van der Waals surface area contributed by atoms with Gasteiger partial charge < -0.3 is 24.2 Å². The summed E-state index contributed by atoms with van der Waals surface area (Å²) in [6.07, 6.45) is 1.45. The van der Waals surface area contributed by atoms with E-state index in [1.165, 1.54) is 10.5 Å². The van der Waals surface area contributed by atoms with Gasteiger partial charge in [0.1, 0.15) is 6.54 Å². The second-order valence-corrected chi connectivity index (χ2v) is 6.92. The van der Waals surface area contributed by atoms with Gasteiger partial charge in [0, 0.05) is 18.5 Å². The maximum atomic E-state index is 12.4. The van der Waals surface area contributed by atoms with Crippen molar-refractivity contribution in [1.29, 1.82) is 0 Å². The van der Waals surface area contributed by atoms with E-state index in [1.54, 1.807) is 19.1 Å². The number of carbonyl (C=O) groups is 2. The van der Waals surface area contributed by atoms with Gasteiger partial charge in [0.05, 0.1) is 46.9 Å². The number of likely N-dealkylation sites (tertiary alicyclic amines) is 1. The highest BCUT2D eigenvalue weighted by Gasteiger charge is 2.28. The van der Waals surface area contributed by atoms with Crippen molar-refractivity contribution < 1.29 is 24.0 Å². The second kappa shape index (κ2) is 8.40. The van der Waals surface area contributed by atoms with Crippen LogP contribution < -0.4 is 14.4 Å². The molecule has 1 aromatic carbocycles. The predicted octanol–water partition coefficient (Wildman–Crippen LogP) is -0.447. The van der Waals surface area contributed by atoms with Crippen molar-refractivity contribution in [1.82, 2.24) is 9.80 Å². The zero-order valence-electron chi connectivity index (χ0n) is 15.6. The normalized spacial score (nSPS) is 18.3. The molecule has 0 atom stereocenters. The van der Waals surface area contributed by atoms with E-state index in [9.17, 15) is 9.59 Å². The third-order valence-electron chi connectivity index (χ3n) is 5.22. The van der Waals surface area contributed by atoms with Crippen molar-refractivity contribution in [3.63, 3.8) is 0 Å². The average molecular weight is 362 g/mol. The number of ether oxygens (including phenoxy) is 2. The number of nitrogens with zero attached hydrogens (tertiary/aromatic N) is 2. The van der Waals surface area contributed by atoms with Crippen LogP contribution in [0.25, 0.3) is 0 Å². The van der Waals surface area contributed by atoms with Gasteiger partial charge in [0.25, 0.3) is 0 Å². The lowest BCUT2D eigenvalue weighted by Crippen LogP contribution is -3.13. The molecule has 0 aliphatic carbocycles. The fraction of sp³-hybridized carbons (Fsp3) is 0.579. The molecule has 26 heavy (non-hydrogen) atoms. The molecule has 0 aromatic heterocycles. The molecule has 1 aromatic rings. The van der Waals surface area contributed by atoms with Gasteiger partial charge in [-0.05, 0) is 24.6 Å². The SMILES string of the molecule is COc1ccc(C[NH+]2CCN(C(=O)CN3CCCC3=O)CC2)cc1OC. The first-order valence-corrected chi connectivity index (χ1v) is 9.20. The maximum Gasteiger partial charge on any atom is 0.242 e. The molecule has 0 unspecified atom stereocenters. The molecule has 142 valence electrons. The average Bonchev–Trinajstić information content (AvgIpc) is 3.06. The summed E-state index contributed by atoms with van der Waals surface area (Å²) in [6, 6.07) is 6.01. The lowest BCUT2D eigenvalue weighted by Gasteiger charge is -2.33. The van der Waals surface area contributed by atoms with Gasteiger partial charge >= 0.3 is 0 Å². The molecule has 7 heteroatoms. The van der Waals surface area contributed by atoms with Gasteiger partial charge in [-0.1, -0.05) is 0 Å². The molecule has 2 aliphatic heterocycles. The van der Waals surface area contributed by atoms with E-state index < -0.39 is 0 Å². The highest BCUT2D eigenvalue weighted by atomic mass is 16.5. The van der Waals surface area contributed by atoms with Crippen LogP contribution in [0.4, 0.5) is 0 Å². The zero-order chi connectivity index (χ0) is 18.5. The predicted molar refractivity (Wildman–Crippen MR) is 96.3 cm³/mol. The minimum Gasteiger partial charge on any atom is -0.493 e. The van der Waals surface area contributed by atoms with E-state index in [0.29, 0.717) is 6.42 Å². The van der Waals surface area contributed by atoms with Crippen LogP contribution in [0.15, 0.2) is 18.2 Å². The molecule has 0 saturated carbocycles. The Morgan fingerprint density at radius 2 is 1.85 bits per heavy atom. The molecule has 1 N–H and O–H groups in total. The van der Waals surface area contributed by atoms with Crippen LogP contribution in [0.1, 0.15) is 18.4 Å². The largest absolute Gasteiger partial charge is 0.493 e. The van der Waals surface area contributed by atoms with Crippen LogP contribution in [0.5, 0.6) is 11.5 Å². The summed E-state index contributed by atoms with van der Waals surface area (Å²) < 4.78 is 10.6. The van der Waals surface area contributed by atoms with E-state index in [0.717, 1.165) is 57.2 Å². The van der Waals surface area contributed by atoms with E-state index in [-0.39, 0.29) is 18.4 Å². The Morgan fingerprint density at radius 1 is 1.12 bits per heavy atom. The number of nitrogens with one attached hydrogen (secondary N) is 1. The summed E-state index contributed by atoms with van der Waals surface area (Å²) in [6.45, 7) is 5.15. The summed E-state index contributed by atoms with van der Waals surface area (Å²) in [5.41, 5.74) is 1.19. The summed E-state index contributed by atoms with van der Waals surface area (Å²) >= 11 is 0. The van der Waals surface area contributed by atoms with Crippen molar-refractivity contribution in [2.45, 2.75) is 19.4 Å². The van der Waals surface area contributed by atoms with Crippen molar-refractivity contribution in [2.75, 3.05) is 53.5 Å². The van der Waals surface area contributed by atoms with Gasteiger partial charge in [-0.15, -0.1) is 0 Å². The van der Waals surface area contributed by atoms with E-state index in [2.05, 4.69) is 6.07 Å². The first-order chi connectivity index (χ1) is 12.6. The molecule has 0 radical (unpaired) electrons. The number of hydrogen-bond acceptors (Lipinski definition) is 4. The Balaban J connectivity index is 1.49. The summed E-state index contributed by atoms with van der Waals surface area (Å²) in [7, 11) is 3.28. The number of methoxy groups -OCH3 is 2. The first-order valence-electron chi connectivity index (χ1n) is 9.20. The Kier molecular flexibility index (Phi) is 5.98. The molecule has 2 saturated heterocycles. The van der Waals surface area contributed by atoms with E-state index >= 15 is 0 Å². The molecule has 7 nitrogen and oxygen atoms in total. The smallest absolute Gasteiger partial charge is 0.242 e. The second-order valence-electron chi connectivity index (χ2n) is 6.92. The van der Waals surface area contributed by atoms with Gasteiger partial charge in [0.2, 0.25) is 11.8 Å². The molecule has 2 aliphatic rings.